The number of carbonyl (C=O) groups is 2. The highest BCUT2D eigenvalue weighted by Gasteiger charge is 2.64. The van der Waals surface area contributed by atoms with Gasteiger partial charge >= 0.3 is 0 Å². The summed E-state index contributed by atoms with van der Waals surface area (Å²) < 4.78 is 0. The first-order valence-corrected chi connectivity index (χ1v) is 11.8. The molecule has 1 N–H and O–H groups in total. The van der Waals surface area contributed by atoms with Crippen LogP contribution < -0.4 is 4.90 Å². The van der Waals surface area contributed by atoms with Gasteiger partial charge < -0.3 is 9.88 Å². The molecule has 2 atom stereocenters. The van der Waals surface area contributed by atoms with E-state index in [4.69, 9.17) is 0 Å². The first-order valence-electron chi connectivity index (χ1n) is 11.8. The first-order chi connectivity index (χ1) is 15.3. The Morgan fingerprint density at radius 1 is 1.03 bits per heavy atom. The Kier molecular flexibility index (Phi) is 5.19. The number of hydrogen-bond donors (Lipinski definition) is 1. The van der Waals surface area contributed by atoms with Gasteiger partial charge in [-0.25, -0.2) is 15.0 Å². The van der Waals surface area contributed by atoms with Gasteiger partial charge in [-0.15, -0.1) is 0 Å². The molecule has 5 rings (SSSR count). The van der Waals surface area contributed by atoms with Crippen molar-refractivity contribution in [2.24, 2.45) is 16.7 Å². The van der Waals surface area contributed by atoms with Gasteiger partial charge in [0.1, 0.15) is 11.8 Å². The number of hydrogen-bond acceptors (Lipinski definition) is 7. The molecule has 1 saturated carbocycles. The van der Waals surface area contributed by atoms with Gasteiger partial charge in [-0.2, -0.15) is 0 Å². The number of nitrogens with zero attached hydrogens (tertiary/aromatic N) is 6. The van der Waals surface area contributed by atoms with Gasteiger partial charge in [0.25, 0.3) is 0 Å². The quantitative estimate of drug-likeness (QED) is 0.543. The van der Waals surface area contributed by atoms with Crippen molar-refractivity contribution in [3.63, 3.8) is 0 Å². The molecular weight excluding hydrogens is 406 g/mol. The Balaban J connectivity index is 1.10. The minimum absolute atomic E-state index is 0.0126. The third kappa shape index (κ3) is 3.20. The standard InChI is InChI=1S/C23H33N7O2/c1-22(2)16-6-7-23(22,3)21(32)30(20(16)31)9-5-4-8-28-10-12-29(13-11-28)19-17-18(25-14-24-17)26-15-27-19/h14-16H,4-13H2,1-3H3,(H,24,25,26,27)/t16-,23-/m1/s1. The van der Waals surface area contributed by atoms with Crippen molar-refractivity contribution in [3.8, 4) is 0 Å². The molecule has 2 aromatic heterocycles. The molecule has 0 radical (unpaired) electrons. The molecule has 3 fully saturated rings. The summed E-state index contributed by atoms with van der Waals surface area (Å²) in [6.45, 7) is 11.5. The number of imidazole rings is 1. The summed E-state index contributed by atoms with van der Waals surface area (Å²) in [4.78, 5) is 48.4. The molecule has 0 aromatic carbocycles. The van der Waals surface area contributed by atoms with Crippen LogP contribution >= 0.6 is 0 Å². The van der Waals surface area contributed by atoms with Crippen molar-refractivity contribution in [2.45, 2.75) is 46.5 Å². The average Bonchev–Trinajstić information content (AvgIpc) is 3.33. The first kappa shape index (κ1) is 21.3. The molecule has 0 unspecified atom stereocenters. The fourth-order valence-electron chi connectivity index (χ4n) is 5.89. The van der Waals surface area contributed by atoms with E-state index in [1.54, 1.807) is 17.6 Å². The number of piperazine rings is 1. The lowest BCUT2D eigenvalue weighted by atomic mass is 9.62. The summed E-state index contributed by atoms with van der Waals surface area (Å²) in [6.07, 6.45) is 6.74. The van der Waals surface area contributed by atoms with Gasteiger partial charge in [-0.1, -0.05) is 20.8 Å². The summed E-state index contributed by atoms with van der Waals surface area (Å²) >= 11 is 0. The predicted octanol–water partition coefficient (Wildman–Crippen LogP) is 2.07. The highest BCUT2D eigenvalue weighted by molar-refractivity contribution is 6.03. The molecule has 3 aliphatic rings. The van der Waals surface area contributed by atoms with Crippen molar-refractivity contribution >= 4 is 28.8 Å². The van der Waals surface area contributed by atoms with Crippen LogP contribution in [0.25, 0.3) is 11.2 Å². The van der Waals surface area contributed by atoms with Crippen LogP contribution in [-0.2, 0) is 9.59 Å². The number of likely N-dealkylation sites (tertiary alicyclic amines) is 1. The third-order valence-electron chi connectivity index (χ3n) is 8.49. The highest BCUT2D eigenvalue weighted by Crippen LogP contribution is 2.60. The summed E-state index contributed by atoms with van der Waals surface area (Å²) in [5, 5.41) is 0. The number of nitrogens with one attached hydrogen (secondary N) is 1. The topological polar surface area (TPSA) is 98.3 Å². The van der Waals surface area contributed by atoms with Crippen LogP contribution in [0.4, 0.5) is 5.82 Å². The Bertz CT molecular complexity index is 1030. The largest absolute Gasteiger partial charge is 0.352 e. The second-order valence-electron chi connectivity index (χ2n) is 10.3. The second kappa shape index (κ2) is 7.79. The zero-order valence-electron chi connectivity index (χ0n) is 19.3. The van der Waals surface area contributed by atoms with Crippen molar-refractivity contribution in [2.75, 3.05) is 44.2 Å². The van der Waals surface area contributed by atoms with E-state index in [9.17, 15) is 9.59 Å². The van der Waals surface area contributed by atoms with Crippen LogP contribution in [0, 0.1) is 16.7 Å². The molecule has 9 heteroatoms. The predicted molar refractivity (Wildman–Crippen MR) is 121 cm³/mol. The van der Waals surface area contributed by atoms with Crippen LogP contribution in [0.2, 0.25) is 0 Å². The van der Waals surface area contributed by atoms with E-state index >= 15 is 0 Å². The number of rotatable bonds is 6. The Morgan fingerprint density at radius 2 is 1.78 bits per heavy atom. The third-order valence-corrected chi connectivity index (χ3v) is 8.49. The number of anilines is 1. The summed E-state index contributed by atoms with van der Waals surface area (Å²) in [5.74, 6) is 1.00. The smallest absolute Gasteiger partial charge is 0.235 e. The number of aromatic nitrogens is 4. The molecule has 172 valence electrons. The number of carbonyl (C=O) groups excluding carboxylic acids is 2. The van der Waals surface area contributed by atoms with Gasteiger partial charge in [0.05, 0.1) is 11.7 Å². The van der Waals surface area contributed by atoms with Crippen LogP contribution in [0.3, 0.4) is 0 Å². The summed E-state index contributed by atoms with van der Waals surface area (Å²) in [6, 6.07) is 0. The fourth-order valence-corrected chi connectivity index (χ4v) is 5.89. The lowest BCUT2D eigenvalue weighted by Crippen LogP contribution is -2.59. The van der Waals surface area contributed by atoms with E-state index in [1.165, 1.54) is 0 Å². The Hall–Kier alpha value is -2.55. The van der Waals surface area contributed by atoms with Gasteiger partial charge in [-0.3, -0.25) is 19.4 Å². The van der Waals surface area contributed by atoms with E-state index in [0.717, 1.165) is 69.7 Å². The van der Waals surface area contributed by atoms with E-state index in [2.05, 4.69) is 50.5 Å². The normalized spacial score (nSPS) is 28.2. The van der Waals surface area contributed by atoms with Gasteiger partial charge in [-0.05, 0) is 37.6 Å². The Labute approximate surface area is 188 Å². The fraction of sp³-hybridized carbons (Fsp3) is 0.696. The van der Waals surface area contributed by atoms with E-state index < -0.39 is 5.41 Å². The van der Waals surface area contributed by atoms with Crippen molar-refractivity contribution in [1.29, 1.82) is 0 Å². The number of aromatic amines is 1. The number of fused-ring (bicyclic) bond motifs is 3. The maximum atomic E-state index is 13.1. The lowest BCUT2D eigenvalue weighted by Gasteiger charge is -2.47. The Morgan fingerprint density at radius 3 is 2.56 bits per heavy atom. The van der Waals surface area contributed by atoms with E-state index in [0.29, 0.717) is 12.2 Å². The van der Waals surface area contributed by atoms with Crippen molar-refractivity contribution < 1.29 is 9.59 Å². The molecule has 2 aliphatic heterocycles. The molecule has 2 aromatic rings. The van der Waals surface area contributed by atoms with Crippen LogP contribution in [-0.4, -0.2) is 80.8 Å². The number of piperidine rings is 1. The maximum Gasteiger partial charge on any atom is 0.235 e. The minimum Gasteiger partial charge on any atom is -0.352 e. The number of amides is 2. The molecule has 1 aliphatic carbocycles. The van der Waals surface area contributed by atoms with Crippen molar-refractivity contribution in [1.82, 2.24) is 29.7 Å². The maximum absolute atomic E-state index is 13.1. The minimum atomic E-state index is -0.400. The molecule has 4 heterocycles. The van der Waals surface area contributed by atoms with Gasteiger partial charge in [0, 0.05) is 38.6 Å². The molecular formula is C23H33N7O2. The van der Waals surface area contributed by atoms with Crippen LogP contribution in [0.5, 0.6) is 0 Å². The molecule has 9 nitrogen and oxygen atoms in total. The van der Waals surface area contributed by atoms with E-state index in [1.807, 2.05) is 0 Å². The molecule has 2 amide bonds. The zero-order valence-corrected chi connectivity index (χ0v) is 19.3. The summed E-state index contributed by atoms with van der Waals surface area (Å²) in [5.41, 5.74) is 0.957. The van der Waals surface area contributed by atoms with Gasteiger partial charge in [0.2, 0.25) is 11.8 Å². The zero-order chi connectivity index (χ0) is 22.5. The second-order valence-corrected chi connectivity index (χ2v) is 10.3. The number of H-pyrrole nitrogens is 1. The average molecular weight is 440 g/mol. The van der Waals surface area contributed by atoms with E-state index in [-0.39, 0.29) is 23.1 Å². The van der Waals surface area contributed by atoms with Crippen molar-refractivity contribution in [3.05, 3.63) is 12.7 Å². The SMILES string of the molecule is CC1(C)[C@@H]2CC[C@]1(C)C(=O)N(CCCCN1CCN(c3ncnc4nc[nH]c34)CC1)C2=O. The molecule has 0 spiro atoms. The monoisotopic (exact) mass is 439 g/mol. The van der Waals surface area contributed by atoms with Gasteiger partial charge in [0.15, 0.2) is 11.5 Å². The van der Waals surface area contributed by atoms with Crippen LogP contribution in [0.15, 0.2) is 12.7 Å². The number of unbranched alkanes of at least 4 members (excludes halogenated alkanes) is 1. The highest BCUT2D eigenvalue weighted by atomic mass is 16.2. The summed E-state index contributed by atoms with van der Waals surface area (Å²) in [7, 11) is 0. The molecule has 2 bridgehead atoms. The molecule has 32 heavy (non-hydrogen) atoms. The van der Waals surface area contributed by atoms with Crippen LogP contribution in [0.1, 0.15) is 46.5 Å². The number of imide groups is 1. The molecule has 2 saturated heterocycles. The lowest BCUT2D eigenvalue weighted by molar-refractivity contribution is -0.167.